The number of benzene rings is 1. The van der Waals surface area contributed by atoms with Crippen molar-refractivity contribution in [1.82, 2.24) is 0 Å². The summed E-state index contributed by atoms with van der Waals surface area (Å²) >= 11 is 6.19. The Bertz CT molecular complexity index is 327. The van der Waals surface area contributed by atoms with E-state index in [1.54, 1.807) is 0 Å². The van der Waals surface area contributed by atoms with Crippen molar-refractivity contribution in [2.24, 2.45) is 5.73 Å². The molecule has 0 saturated carbocycles. The molecule has 1 rings (SSSR count). The lowest BCUT2D eigenvalue weighted by Gasteiger charge is -2.13. The van der Waals surface area contributed by atoms with Crippen molar-refractivity contribution in [1.29, 1.82) is 0 Å². The Balaban J connectivity index is 2.89. The number of aryl methyl sites for hydroxylation is 1. The molecule has 16 heavy (non-hydrogen) atoms. The van der Waals surface area contributed by atoms with Gasteiger partial charge in [0.2, 0.25) is 0 Å². The second kappa shape index (κ2) is 6.12. The summed E-state index contributed by atoms with van der Waals surface area (Å²) in [7, 11) is 0. The van der Waals surface area contributed by atoms with Crippen LogP contribution < -0.4 is 10.5 Å². The Hall–Kier alpha value is -0.730. The zero-order chi connectivity index (χ0) is 12.1. The highest BCUT2D eigenvalue weighted by Crippen LogP contribution is 2.30. The van der Waals surface area contributed by atoms with E-state index in [-0.39, 0.29) is 6.04 Å². The van der Waals surface area contributed by atoms with E-state index >= 15 is 0 Å². The minimum atomic E-state index is 0.151. The van der Waals surface area contributed by atoms with E-state index in [1.165, 1.54) is 5.56 Å². The molecule has 90 valence electrons. The van der Waals surface area contributed by atoms with E-state index in [1.807, 2.05) is 19.9 Å². The molecule has 0 aliphatic rings. The van der Waals surface area contributed by atoms with E-state index in [2.05, 4.69) is 13.0 Å². The minimum absolute atomic E-state index is 0.151. The van der Waals surface area contributed by atoms with Crippen molar-refractivity contribution >= 4 is 11.6 Å². The van der Waals surface area contributed by atoms with Crippen molar-refractivity contribution in [2.75, 3.05) is 6.61 Å². The summed E-state index contributed by atoms with van der Waals surface area (Å²) in [6.45, 7) is 6.78. The highest BCUT2D eigenvalue weighted by atomic mass is 35.5. The van der Waals surface area contributed by atoms with Crippen molar-refractivity contribution in [2.45, 2.75) is 39.7 Å². The highest BCUT2D eigenvalue weighted by molar-refractivity contribution is 6.32. The normalized spacial score (nSPS) is 12.6. The number of halogens is 1. The number of hydrogen-bond donors (Lipinski definition) is 1. The summed E-state index contributed by atoms with van der Waals surface area (Å²) in [5.41, 5.74) is 8.02. The third-order valence-electron chi connectivity index (χ3n) is 2.30. The van der Waals surface area contributed by atoms with Gasteiger partial charge in [-0.2, -0.15) is 0 Å². The molecule has 1 unspecified atom stereocenters. The van der Waals surface area contributed by atoms with Crippen LogP contribution in [-0.4, -0.2) is 12.6 Å². The van der Waals surface area contributed by atoms with Crippen molar-refractivity contribution in [3.63, 3.8) is 0 Å². The van der Waals surface area contributed by atoms with E-state index < -0.39 is 0 Å². The lowest BCUT2D eigenvalue weighted by molar-refractivity contribution is 0.315. The summed E-state index contributed by atoms with van der Waals surface area (Å²) in [4.78, 5) is 0. The Kier molecular flexibility index (Phi) is 5.10. The summed E-state index contributed by atoms with van der Waals surface area (Å²) < 4.78 is 5.61. The molecule has 2 nitrogen and oxygen atoms in total. The zero-order valence-electron chi connectivity index (χ0n) is 10.2. The number of hydrogen-bond acceptors (Lipinski definition) is 2. The number of rotatable bonds is 5. The first-order chi connectivity index (χ1) is 7.54. The van der Waals surface area contributed by atoms with Gasteiger partial charge in [0.1, 0.15) is 5.75 Å². The van der Waals surface area contributed by atoms with Gasteiger partial charge >= 0.3 is 0 Å². The first-order valence-corrected chi connectivity index (χ1v) is 6.09. The SMILES string of the molecule is CCCOc1c(C)cc(CC(C)N)cc1Cl. The van der Waals surface area contributed by atoms with E-state index in [0.717, 1.165) is 24.2 Å². The van der Waals surface area contributed by atoms with Crippen LogP contribution in [0.15, 0.2) is 12.1 Å². The molecule has 0 aliphatic carbocycles. The quantitative estimate of drug-likeness (QED) is 0.858. The van der Waals surface area contributed by atoms with Crippen LogP contribution >= 0.6 is 11.6 Å². The molecule has 1 aromatic rings. The Morgan fingerprint density at radius 3 is 2.62 bits per heavy atom. The standard InChI is InChI=1S/C13H20ClNO/c1-4-5-16-13-9(2)6-11(7-10(3)15)8-12(13)14/h6,8,10H,4-5,7,15H2,1-3H3. The van der Waals surface area contributed by atoms with Crippen LogP contribution in [-0.2, 0) is 6.42 Å². The average molecular weight is 242 g/mol. The Morgan fingerprint density at radius 2 is 2.12 bits per heavy atom. The number of nitrogens with two attached hydrogens (primary N) is 1. The predicted octanol–water partition coefficient (Wildman–Crippen LogP) is 3.33. The second-order valence-corrected chi connectivity index (χ2v) is 4.66. The van der Waals surface area contributed by atoms with E-state index in [4.69, 9.17) is 22.1 Å². The van der Waals surface area contributed by atoms with Crippen LogP contribution in [0.4, 0.5) is 0 Å². The molecule has 2 N–H and O–H groups in total. The minimum Gasteiger partial charge on any atom is -0.492 e. The van der Waals surface area contributed by atoms with Crippen LogP contribution in [0.2, 0.25) is 5.02 Å². The lowest BCUT2D eigenvalue weighted by atomic mass is 10.0. The van der Waals surface area contributed by atoms with Crippen molar-refractivity contribution in [3.8, 4) is 5.75 Å². The first-order valence-electron chi connectivity index (χ1n) is 5.72. The van der Waals surface area contributed by atoms with Gasteiger partial charge in [0.15, 0.2) is 0 Å². The van der Waals surface area contributed by atoms with Gasteiger partial charge in [-0.3, -0.25) is 0 Å². The van der Waals surface area contributed by atoms with E-state index in [9.17, 15) is 0 Å². The lowest BCUT2D eigenvalue weighted by Crippen LogP contribution is -2.17. The first kappa shape index (κ1) is 13.3. The molecule has 0 bridgehead atoms. The van der Waals surface area contributed by atoms with Crippen LogP contribution in [0.25, 0.3) is 0 Å². The fraction of sp³-hybridized carbons (Fsp3) is 0.538. The van der Waals surface area contributed by atoms with E-state index in [0.29, 0.717) is 11.6 Å². The molecule has 3 heteroatoms. The molecule has 0 saturated heterocycles. The topological polar surface area (TPSA) is 35.2 Å². The van der Waals surface area contributed by atoms with Gasteiger partial charge in [-0.15, -0.1) is 0 Å². The molecule has 1 aromatic carbocycles. The smallest absolute Gasteiger partial charge is 0.140 e. The average Bonchev–Trinajstić information content (AvgIpc) is 2.15. The second-order valence-electron chi connectivity index (χ2n) is 4.25. The largest absolute Gasteiger partial charge is 0.492 e. The molecule has 0 radical (unpaired) electrons. The Morgan fingerprint density at radius 1 is 1.44 bits per heavy atom. The molecule has 0 amide bonds. The van der Waals surface area contributed by atoms with Crippen LogP contribution in [0.3, 0.4) is 0 Å². The summed E-state index contributed by atoms with van der Waals surface area (Å²) in [5, 5.41) is 0.684. The third-order valence-corrected chi connectivity index (χ3v) is 2.58. The number of ether oxygens (including phenoxy) is 1. The van der Waals surface area contributed by atoms with Gasteiger partial charge in [-0.1, -0.05) is 24.6 Å². The molecular formula is C13H20ClNO. The van der Waals surface area contributed by atoms with Crippen molar-refractivity contribution < 1.29 is 4.74 Å². The van der Waals surface area contributed by atoms with Gasteiger partial charge in [-0.25, -0.2) is 0 Å². The molecular weight excluding hydrogens is 222 g/mol. The summed E-state index contributed by atoms with van der Waals surface area (Å²) in [6.07, 6.45) is 1.83. The maximum atomic E-state index is 6.19. The maximum absolute atomic E-state index is 6.19. The predicted molar refractivity (Wildman–Crippen MR) is 69.3 cm³/mol. The van der Waals surface area contributed by atoms with Gasteiger partial charge < -0.3 is 10.5 Å². The monoisotopic (exact) mass is 241 g/mol. The molecule has 0 heterocycles. The van der Waals surface area contributed by atoms with Gasteiger partial charge in [0, 0.05) is 6.04 Å². The van der Waals surface area contributed by atoms with Crippen LogP contribution in [0.1, 0.15) is 31.4 Å². The fourth-order valence-corrected chi connectivity index (χ4v) is 2.02. The fourth-order valence-electron chi connectivity index (χ4n) is 1.68. The summed E-state index contributed by atoms with van der Waals surface area (Å²) in [5.74, 6) is 0.803. The Labute approximate surface area is 103 Å². The van der Waals surface area contributed by atoms with Crippen LogP contribution in [0, 0.1) is 6.92 Å². The maximum Gasteiger partial charge on any atom is 0.140 e. The van der Waals surface area contributed by atoms with Gasteiger partial charge in [-0.05, 0) is 43.9 Å². The molecule has 0 aromatic heterocycles. The van der Waals surface area contributed by atoms with Crippen molar-refractivity contribution in [3.05, 3.63) is 28.3 Å². The highest BCUT2D eigenvalue weighted by Gasteiger charge is 2.08. The zero-order valence-corrected chi connectivity index (χ0v) is 11.0. The van der Waals surface area contributed by atoms with Gasteiger partial charge in [0.05, 0.1) is 11.6 Å². The third kappa shape index (κ3) is 3.69. The summed E-state index contributed by atoms with van der Waals surface area (Å²) in [6, 6.07) is 4.20. The molecule has 0 spiro atoms. The molecule has 1 atom stereocenters. The van der Waals surface area contributed by atoms with Gasteiger partial charge in [0.25, 0.3) is 0 Å². The molecule has 0 aliphatic heterocycles. The molecule has 0 fully saturated rings. The van der Waals surface area contributed by atoms with Crippen LogP contribution in [0.5, 0.6) is 5.75 Å².